The van der Waals surface area contributed by atoms with Gasteiger partial charge in [-0.2, -0.15) is 0 Å². The van der Waals surface area contributed by atoms with Crippen molar-refractivity contribution in [1.29, 1.82) is 0 Å². The predicted molar refractivity (Wildman–Crippen MR) is 76.7 cm³/mol. The summed E-state index contributed by atoms with van der Waals surface area (Å²) in [5, 5.41) is 18.2. The molecule has 19 heavy (non-hydrogen) atoms. The zero-order valence-electron chi connectivity index (χ0n) is 10.9. The third-order valence-electron chi connectivity index (χ3n) is 2.44. The van der Waals surface area contributed by atoms with Gasteiger partial charge in [-0.25, -0.2) is 0 Å². The van der Waals surface area contributed by atoms with Crippen molar-refractivity contribution in [3.05, 3.63) is 66.7 Å². The van der Waals surface area contributed by atoms with Gasteiger partial charge < -0.3 is 14.9 Å². The highest BCUT2D eigenvalue weighted by Crippen LogP contribution is 2.23. The molecule has 2 rings (SSSR count). The minimum absolute atomic E-state index is 0.181. The summed E-state index contributed by atoms with van der Waals surface area (Å²) in [5.74, 6) is 1.04. The van der Waals surface area contributed by atoms with E-state index in [-0.39, 0.29) is 5.75 Å². The number of phenols is 2. The van der Waals surface area contributed by atoms with Crippen LogP contribution in [0, 0.1) is 0 Å². The number of rotatable bonds is 3. The van der Waals surface area contributed by atoms with Gasteiger partial charge in [0.25, 0.3) is 0 Å². The van der Waals surface area contributed by atoms with Crippen LogP contribution in [0.25, 0.3) is 0 Å². The SMILES string of the molecule is C=CCc1ccccc1O.COc1ccccc1O. The lowest BCUT2D eigenvalue weighted by molar-refractivity contribution is 0.373. The molecule has 2 aromatic carbocycles. The Morgan fingerprint density at radius 1 is 1.00 bits per heavy atom. The molecule has 100 valence electrons. The highest BCUT2D eigenvalue weighted by Gasteiger charge is 1.94. The fourth-order valence-corrected chi connectivity index (χ4v) is 1.47. The Morgan fingerprint density at radius 2 is 1.58 bits per heavy atom. The maximum atomic E-state index is 9.19. The molecular weight excluding hydrogens is 240 g/mol. The average Bonchev–Trinajstić information content (AvgIpc) is 2.43. The average molecular weight is 258 g/mol. The monoisotopic (exact) mass is 258 g/mol. The van der Waals surface area contributed by atoms with E-state index < -0.39 is 0 Å². The van der Waals surface area contributed by atoms with E-state index in [2.05, 4.69) is 6.58 Å². The molecule has 0 aliphatic heterocycles. The van der Waals surface area contributed by atoms with Crippen LogP contribution in [0.15, 0.2) is 61.2 Å². The number of phenolic OH excluding ortho intramolecular Hbond substituents is 2. The molecule has 0 saturated heterocycles. The third kappa shape index (κ3) is 4.76. The molecule has 3 nitrogen and oxygen atoms in total. The molecule has 0 aromatic heterocycles. The fourth-order valence-electron chi connectivity index (χ4n) is 1.47. The standard InChI is InChI=1S/C9H10O.C7H8O2/c1-2-5-8-6-3-4-7-9(8)10;1-9-7-5-3-2-4-6(7)8/h2-4,6-7,10H,1,5H2;2-5,8H,1H3. The van der Waals surface area contributed by atoms with Crippen molar-refractivity contribution in [1.82, 2.24) is 0 Å². The van der Waals surface area contributed by atoms with E-state index in [1.54, 1.807) is 36.4 Å². The smallest absolute Gasteiger partial charge is 0.160 e. The van der Waals surface area contributed by atoms with Crippen LogP contribution in [0.2, 0.25) is 0 Å². The zero-order valence-corrected chi connectivity index (χ0v) is 10.9. The van der Waals surface area contributed by atoms with E-state index in [1.165, 1.54) is 7.11 Å². The highest BCUT2D eigenvalue weighted by molar-refractivity contribution is 5.37. The number of aromatic hydroxyl groups is 2. The summed E-state index contributed by atoms with van der Waals surface area (Å²) in [5.41, 5.74) is 0.928. The molecule has 2 aromatic rings. The third-order valence-corrected chi connectivity index (χ3v) is 2.44. The Labute approximate surface area is 113 Å². The van der Waals surface area contributed by atoms with Gasteiger partial charge in [0.05, 0.1) is 7.11 Å². The summed E-state index contributed by atoms with van der Waals surface area (Å²) in [4.78, 5) is 0. The van der Waals surface area contributed by atoms with Gasteiger partial charge in [-0.05, 0) is 30.2 Å². The Bertz CT molecular complexity index is 521. The Morgan fingerprint density at radius 3 is 2.05 bits per heavy atom. The Balaban J connectivity index is 0.000000191. The number of hydrogen-bond acceptors (Lipinski definition) is 3. The van der Waals surface area contributed by atoms with E-state index in [0.29, 0.717) is 11.5 Å². The van der Waals surface area contributed by atoms with E-state index in [1.807, 2.05) is 18.2 Å². The molecule has 0 amide bonds. The number of hydrogen-bond donors (Lipinski definition) is 2. The molecular formula is C16H18O3. The van der Waals surface area contributed by atoms with Crippen molar-refractivity contribution < 1.29 is 14.9 Å². The van der Waals surface area contributed by atoms with Crippen LogP contribution in [0.1, 0.15) is 5.56 Å². The first kappa shape index (κ1) is 14.6. The second-order valence-electron chi connectivity index (χ2n) is 3.79. The molecule has 0 spiro atoms. The molecule has 0 aliphatic carbocycles. The summed E-state index contributed by atoms with van der Waals surface area (Å²) in [6.45, 7) is 3.59. The Kier molecular flexibility index (Phi) is 6.03. The topological polar surface area (TPSA) is 49.7 Å². The van der Waals surface area contributed by atoms with E-state index in [4.69, 9.17) is 9.84 Å². The number of methoxy groups -OCH3 is 1. The molecule has 2 N–H and O–H groups in total. The molecule has 0 aliphatic rings. The number of ether oxygens (including phenoxy) is 1. The van der Waals surface area contributed by atoms with Gasteiger partial charge in [0.1, 0.15) is 5.75 Å². The fraction of sp³-hybridized carbons (Fsp3) is 0.125. The summed E-state index contributed by atoms with van der Waals surface area (Å²) in [6, 6.07) is 14.1. The maximum absolute atomic E-state index is 9.19. The van der Waals surface area contributed by atoms with E-state index in [0.717, 1.165) is 12.0 Å². The highest BCUT2D eigenvalue weighted by atomic mass is 16.5. The molecule has 3 heteroatoms. The first-order valence-electron chi connectivity index (χ1n) is 5.88. The number of para-hydroxylation sites is 3. The minimum atomic E-state index is 0.181. The van der Waals surface area contributed by atoms with Gasteiger partial charge in [0.2, 0.25) is 0 Å². The summed E-state index contributed by atoms with van der Waals surface area (Å²) in [7, 11) is 1.52. The van der Waals surface area contributed by atoms with Crippen molar-refractivity contribution in [3.63, 3.8) is 0 Å². The molecule has 0 heterocycles. The Hall–Kier alpha value is -2.42. The van der Waals surface area contributed by atoms with E-state index >= 15 is 0 Å². The van der Waals surface area contributed by atoms with Gasteiger partial charge in [-0.3, -0.25) is 0 Å². The van der Waals surface area contributed by atoms with Gasteiger partial charge in [-0.1, -0.05) is 36.4 Å². The van der Waals surface area contributed by atoms with Gasteiger partial charge >= 0.3 is 0 Å². The van der Waals surface area contributed by atoms with Crippen LogP contribution in [0.5, 0.6) is 17.2 Å². The summed E-state index contributed by atoms with van der Waals surface area (Å²) in [6.07, 6.45) is 2.50. The quantitative estimate of drug-likeness (QED) is 0.828. The summed E-state index contributed by atoms with van der Waals surface area (Å²) >= 11 is 0. The van der Waals surface area contributed by atoms with Crippen LogP contribution in [-0.2, 0) is 6.42 Å². The first-order valence-corrected chi connectivity index (χ1v) is 5.88. The minimum Gasteiger partial charge on any atom is -0.508 e. The van der Waals surface area contributed by atoms with E-state index in [9.17, 15) is 5.11 Å². The van der Waals surface area contributed by atoms with Crippen LogP contribution in [0.4, 0.5) is 0 Å². The van der Waals surface area contributed by atoms with Crippen molar-refractivity contribution in [2.24, 2.45) is 0 Å². The normalized spacial score (nSPS) is 9.11. The second kappa shape index (κ2) is 7.82. The van der Waals surface area contributed by atoms with Crippen molar-refractivity contribution in [3.8, 4) is 17.2 Å². The molecule has 0 saturated carbocycles. The van der Waals surface area contributed by atoms with Gasteiger partial charge in [-0.15, -0.1) is 6.58 Å². The van der Waals surface area contributed by atoms with Gasteiger partial charge in [0, 0.05) is 0 Å². The molecule has 0 radical (unpaired) electrons. The molecule has 0 atom stereocenters. The van der Waals surface area contributed by atoms with Crippen LogP contribution >= 0.6 is 0 Å². The first-order chi connectivity index (χ1) is 9.19. The lowest BCUT2D eigenvalue weighted by atomic mass is 10.1. The molecule has 0 unspecified atom stereocenters. The van der Waals surface area contributed by atoms with Crippen LogP contribution in [0.3, 0.4) is 0 Å². The van der Waals surface area contributed by atoms with Crippen molar-refractivity contribution in [2.75, 3.05) is 7.11 Å². The number of benzene rings is 2. The summed E-state index contributed by atoms with van der Waals surface area (Å²) < 4.78 is 4.79. The maximum Gasteiger partial charge on any atom is 0.160 e. The molecule has 0 fully saturated rings. The molecule has 0 bridgehead atoms. The zero-order chi connectivity index (χ0) is 14.1. The van der Waals surface area contributed by atoms with Gasteiger partial charge in [0.15, 0.2) is 11.5 Å². The van der Waals surface area contributed by atoms with Crippen molar-refractivity contribution in [2.45, 2.75) is 6.42 Å². The van der Waals surface area contributed by atoms with Crippen LogP contribution in [-0.4, -0.2) is 17.3 Å². The second-order valence-corrected chi connectivity index (χ2v) is 3.79. The lowest BCUT2D eigenvalue weighted by Crippen LogP contribution is -1.80. The van der Waals surface area contributed by atoms with Crippen molar-refractivity contribution >= 4 is 0 Å². The largest absolute Gasteiger partial charge is 0.508 e. The lowest BCUT2D eigenvalue weighted by Gasteiger charge is -1.99. The number of allylic oxidation sites excluding steroid dienone is 1. The van der Waals surface area contributed by atoms with Crippen LogP contribution < -0.4 is 4.74 Å². The predicted octanol–water partition coefficient (Wildman–Crippen LogP) is 3.52.